The van der Waals surface area contributed by atoms with Crippen molar-refractivity contribution in [3.63, 3.8) is 0 Å². The van der Waals surface area contributed by atoms with Gasteiger partial charge in [0.2, 0.25) is 0 Å². The standard InChI is InChI=1S/C18H16ClN5OS2/c1-11-7-16-22-23-18(24(16)12(2)20-11)27-10-14-9-26-17(21-14)8-25-15-5-3-13(19)4-6-15/h3-7,9H,8,10H2,1-2H3. The number of aromatic nitrogens is 5. The van der Waals surface area contributed by atoms with Gasteiger partial charge in [0.1, 0.15) is 23.2 Å². The maximum Gasteiger partial charge on any atom is 0.197 e. The Morgan fingerprint density at radius 1 is 1.15 bits per heavy atom. The molecule has 0 aliphatic rings. The SMILES string of the molecule is Cc1cc2nnc(SCc3csc(COc4ccc(Cl)cc4)n3)n2c(C)n1. The Kier molecular flexibility index (Phi) is 5.29. The topological polar surface area (TPSA) is 65.2 Å². The molecule has 3 aromatic heterocycles. The number of halogens is 1. The second-order valence-corrected chi connectivity index (χ2v) is 8.21. The van der Waals surface area contributed by atoms with Crippen LogP contribution in [0.3, 0.4) is 0 Å². The Hall–Kier alpha value is -2.16. The number of nitrogens with zero attached hydrogens (tertiary/aromatic N) is 5. The highest BCUT2D eigenvalue weighted by Crippen LogP contribution is 2.24. The van der Waals surface area contributed by atoms with E-state index in [-0.39, 0.29) is 0 Å². The summed E-state index contributed by atoms with van der Waals surface area (Å²) in [6, 6.07) is 9.24. The van der Waals surface area contributed by atoms with Gasteiger partial charge in [-0.25, -0.2) is 9.97 Å². The normalized spacial score (nSPS) is 11.2. The van der Waals surface area contributed by atoms with Crippen molar-refractivity contribution in [1.82, 2.24) is 24.6 Å². The molecule has 3 heterocycles. The molecular formula is C18H16ClN5OS2. The van der Waals surface area contributed by atoms with E-state index in [1.165, 1.54) is 0 Å². The highest BCUT2D eigenvalue weighted by molar-refractivity contribution is 7.98. The van der Waals surface area contributed by atoms with Crippen molar-refractivity contribution in [3.8, 4) is 5.75 Å². The molecule has 0 spiro atoms. The predicted molar refractivity (Wildman–Crippen MR) is 108 cm³/mol. The molecule has 0 saturated carbocycles. The Balaban J connectivity index is 1.39. The lowest BCUT2D eigenvalue weighted by atomic mass is 10.3. The maximum atomic E-state index is 5.88. The summed E-state index contributed by atoms with van der Waals surface area (Å²) in [6.07, 6.45) is 0. The van der Waals surface area contributed by atoms with Gasteiger partial charge in [0, 0.05) is 27.9 Å². The van der Waals surface area contributed by atoms with Crippen LogP contribution in [0.4, 0.5) is 0 Å². The number of fused-ring (bicyclic) bond motifs is 1. The summed E-state index contributed by atoms with van der Waals surface area (Å²) >= 11 is 9.06. The summed E-state index contributed by atoms with van der Waals surface area (Å²) in [4.78, 5) is 9.12. The number of benzene rings is 1. The third-order valence-electron chi connectivity index (χ3n) is 3.78. The zero-order valence-corrected chi connectivity index (χ0v) is 17.1. The largest absolute Gasteiger partial charge is 0.486 e. The average Bonchev–Trinajstić information content (AvgIpc) is 3.26. The van der Waals surface area contributed by atoms with Crippen molar-refractivity contribution >= 4 is 40.3 Å². The number of rotatable bonds is 6. The Morgan fingerprint density at radius 2 is 1.96 bits per heavy atom. The number of aryl methyl sites for hydroxylation is 2. The highest BCUT2D eigenvalue weighted by Gasteiger charge is 2.11. The number of hydrogen-bond acceptors (Lipinski definition) is 7. The van der Waals surface area contributed by atoms with E-state index >= 15 is 0 Å². The first-order valence-electron chi connectivity index (χ1n) is 8.22. The van der Waals surface area contributed by atoms with E-state index in [1.54, 1.807) is 23.1 Å². The number of thiazole rings is 1. The fraction of sp³-hybridized carbons (Fsp3) is 0.222. The molecule has 27 heavy (non-hydrogen) atoms. The molecule has 138 valence electrons. The van der Waals surface area contributed by atoms with Gasteiger partial charge in [0.25, 0.3) is 0 Å². The third-order valence-corrected chi connectivity index (χ3v) is 5.87. The minimum absolute atomic E-state index is 0.438. The second kappa shape index (κ2) is 7.84. The van der Waals surface area contributed by atoms with Crippen molar-refractivity contribution in [2.24, 2.45) is 0 Å². The Morgan fingerprint density at radius 3 is 2.78 bits per heavy atom. The predicted octanol–water partition coefficient (Wildman–Crippen LogP) is 4.72. The number of hydrogen-bond donors (Lipinski definition) is 0. The van der Waals surface area contributed by atoms with Crippen LogP contribution in [0.1, 0.15) is 22.2 Å². The summed E-state index contributed by atoms with van der Waals surface area (Å²) in [5, 5.41) is 13.0. The fourth-order valence-corrected chi connectivity index (χ4v) is 4.41. The molecule has 0 bridgehead atoms. The van der Waals surface area contributed by atoms with E-state index in [1.807, 2.05) is 54.0 Å². The molecule has 4 rings (SSSR count). The van der Waals surface area contributed by atoms with E-state index in [2.05, 4.69) is 20.2 Å². The van der Waals surface area contributed by atoms with Crippen LogP contribution in [0.25, 0.3) is 5.65 Å². The van der Waals surface area contributed by atoms with Crippen molar-refractivity contribution in [2.75, 3.05) is 0 Å². The molecule has 0 unspecified atom stereocenters. The number of thioether (sulfide) groups is 1. The van der Waals surface area contributed by atoms with E-state index in [0.717, 1.165) is 38.8 Å². The molecule has 6 nitrogen and oxygen atoms in total. The summed E-state index contributed by atoms with van der Waals surface area (Å²) in [5.74, 6) is 2.37. The molecule has 0 fully saturated rings. The minimum Gasteiger partial charge on any atom is -0.486 e. The molecule has 0 aliphatic heterocycles. The average molecular weight is 418 g/mol. The van der Waals surface area contributed by atoms with E-state index < -0.39 is 0 Å². The molecule has 0 amide bonds. The summed E-state index contributed by atoms with van der Waals surface area (Å²) in [6.45, 7) is 4.35. The first-order valence-corrected chi connectivity index (χ1v) is 10.5. The lowest BCUT2D eigenvalue weighted by Crippen LogP contribution is -1.99. The number of ether oxygens (including phenoxy) is 1. The smallest absolute Gasteiger partial charge is 0.197 e. The molecule has 0 atom stereocenters. The maximum absolute atomic E-state index is 5.88. The molecule has 0 saturated heterocycles. The van der Waals surface area contributed by atoms with Gasteiger partial charge in [-0.3, -0.25) is 4.40 Å². The molecule has 0 aliphatic carbocycles. The highest BCUT2D eigenvalue weighted by atomic mass is 35.5. The van der Waals surface area contributed by atoms with Crippen LogP contribution in [0.2, 0.25) is 5.02 Å². The van der Waals surface area contributed by atoms with Gasteiger partial charge in [-0.15, -0.1) is 21.5 Å². The quantitative estimate of drug-likeness (QED) is 0.423. The zero-order chi connectivity index (χ0) is 18.8. The van der Waals surface area contributed by atoms with Crippen LogP contribution in [-0.2, 0) is 12.4 Å². The van der Waals surface area contributed by atoms with Crippen LogP contribution in [0.15, 0.2) is 40.9 Å². The van der Waals surface area contributed by atoms with Crippen LogP contribution in [0.5, 0.6) is 5.75 Å². The molecular weight excluding hydrogens is 402 g/mol. The molecule has 4 aromatic rings. The van der Waals surface area contributed by atoms with Crippen LogP contribution < -0.4 is 4.74 Å². The van der Waals surface area contributed by atoms with Crippen LogP contribution in [0, 0.1) is 13.8 Å². The molecule has 0 N–H and O–H groups in total. The summed E-state index contributed by atoms with van der Waals surface area (Å²) < 4.78 is 7.71. The Labute approximate surface area is 169 Å². The minimum atomic E-state index is 0.438. The van der Waals surface area contributed by atoms with Gasteiger partial charge >= 0.3 is 0 Å². The van der Waals surface area contributed by atoms with E-state index in [9.17, 15) is 0 Å². The van der Waals surface area contributed by atoms with Crippen LogP contribution >= 0.6 is 34.7 Å². The molecule has 1 aromatic carbocycles. The first-order chi connectivity index (χ1) is 13.1. The first kappa shape index (κ1) is 18.2. The van der Waals surface area contributed by atoms with Gasteiger partial charge in [0.05, 0.1) is 5.69 Å². The lowest BCUT2D eigenvalue weighted by Gasteiger charge is -2.04. The van der Waals surface area contributed by atoms with Gasteiger partial charge in [-0.1, -0.05) is 23.4 Å². The summed E-state index contributed by atoms with van der Waals surface area (Å²) in [7, 11) is 0. The lowest BCUT2D eigenvalue weighted by molar-refractivity contribution is 0.305. The van der Waals surface area contributed by atoms with Crippen molar-refractivity contribution in [1.29, 1.82) is 0 Å². The monoisotopic (exact) mass is 417 g/mol. The van der Waals surface area contributed by atoms with Crippen molar-refractivity contribution in [2.45, 2.75) is 31.4 Å². The van der Waals surface area contributed by atoms with Crippen LogP contribution in [-0.4, -0.2) is 24.6 Å². The third kappa shape index (κ3) is 4.23. The van der Waals surface area contributed by atoms with Gasteiger partial charge in [0.15, 0.2) is 10.8 Å². The van der Waals surface area contributed by atoms with E-state index in [0.29, 0.717) is 17.4 Å². The van der Waals surface area contributed by atoms with Crippen molar-refractivity contribution in [3.05, 3.63) is 63.0 Å². The van der Waals surface area contributed by atoms with E-state index in [4.69, 9.17) is 16.3 Å². The zero-order valence-electron chi connectivity index (χ0n) is 14.7. The van der Waals surface area contributed by atoms with Gasteiger partial charge < -0.3 is 4.74 Å². The van der Waals surface area contributed by atoms with Gasteiger partial charge in [-0.05, 0) is 38.1 Å². The second-order valence-electron chi connectivity index (χ2n) is 5.88. The van der Waals surface area contributed by atoms with Gasteiger partial charge in [-0.2, -0.15) is 0 Å². The van der Waals surface area contributed by atoms with Crippen molar-refractivity contribution < 1.29 is 4.74 Å². The fourth-order valence-electron chi connectivity index (χ4n) is 2.59. The summed E-state index contributed by atoms with van der Waals surface area (Å²) in [5.41, 5.74) is 2.75. The Bertz CT molecular complexity index is 1080. The molecule has 0 radical (unpaired) electrons. The molecule has 9 heteroatoms.